The summed E-state index contributed by atoms with van der Waals surface area (Å²) in [4.78, 5) is 0. The third-order valence-electron chi connectivity index (χ3n) is 4.41. The van der Waals surface area contributed by atoms with Crippen LogP contribution in [0.25, 0.3) is 0 Å². The van der Waals surface area contributed by atoms with Gasteiger partial charge in [0, 0.05) is 5.92 Å². The summed E-state index contributed by atoms with van der Waals surface area (Å²) >= 11 is 0. The summed E-state index contributed by atoms with van der Waals surface area (Å²) in [7, 11) is 0. The molecule has 0 heteroatoms. The third-order valence-corrected chi connectivity index (χ3v) is 4.41. The highest BCUT2D eigenvalue weighted by molar-refractivity contribution is 4.85. The van der Waals surface area contributed by atoms with Crippen molar-refractivity contribution in [2.45, 2.75) is 57.8 Å². The first kappa shape index (κ1) is 10.2. The van der Waals surface area contributed by atoms with Crippen molar-refractivity contribution < 1.29 is 0 Å². The highest BCUT2D eigenvalue weighted by Crippen LogP contribution is 2.39. The van der Waals surface area contributed by atoms with Crippen LogP contribution in [0.5, 0.6) is 0 Å². The third kappa shape index (κ3) is 2.36. The topological polar surface area (TPSA) is 0 Å². The lowest BCUT2D eigenvalue weighted by Gasteiger charge is -2.34. The van der Waals surface area contributed by atoms with Crippen LogP contribution in [0, 0.1) is 24.3 Å². The average molecular weight is 191 g/mol. The van der Waals surface area contributed by atoms with Gasteiger partial charge in [-0.3, -0.25) is 0 Å². The Morgan fingerprint density at radius 1 is 0.714 bits per heavy atom. The monoisotopic (exact) mass is 191 g/mol. The fourth-order valence-electron chi connectivity index (χ4n) is 3.41. The molecule has 2 aliphatic rings. The molecular weight excluding hydrogens is 168 g/mol. The highest BCUT2D eigenvalue weighted by Gasteiger charge is 2.28. The van der Waals surface area contributed by atoms with Crippen LogP contribution in [0.4, 0.5) is 0 Å². The van der Waals surface area contributed by atoms with Crippen molar-refractivity contribution in [1.29, 1.82) is 0 Å². The number of rotatable bonds is 2. The summed E-state index contributed by atoms with van der Waals surface area (Å²) in [5.74, 6) is 2.85. The summed E-state index contributed by atoms with van der Waals surface area (Å²) in [6.07, 6.45) is 15.0. The van der Waals surface area contributed by atoms with Crippen molar-refractivity contribution in [3.63, 3.8) is 0 Å². The Hall–Kier alpha value is -0.350. The first-order chi connectivity index (χ1) is 6.90. The van der Waals surface area contributed by atoms with Crippen LogP contribution in [0.3, 0.4) is 0 Å². The van der Waals surface area contributed by atoms with Gasteiger partial charge in [-0.25, -0.2) is 0 Å². The molecule has 0 unspecified atom stereocenters. The maximum absolute atomic E-state index is 5.60. The van der Waals surface area contributed by atoms with Crippen molar-refractivity contribution in [3.8, 4) is 0 Å². The van der Waals surface area contributed by atoms with E-state index in [-0.39, 0.29) is 0 Å². The standard InChI is InChI=1S/C14H23/c1-2-12-8-10-14(11-9-12)13-6-4-3-5-7-13/h1-2,12-14H,3-11H2/q+1. The van der Waals surface area contributed by atoms with Crippen LogP contribution in [0.2, 0.25) is 0 Å². The largest absolute Gasteiger partial charge is 0.202 e. The molecule has 0 aromatic rings. The molecule has 0 radical (unpaired) electrons. The lowest BCUT2D eigenvalue weighted by molar-refractivity contribution is 0.180. The van der Waals surface area contributed by atoms with Crippen molar-refractivity contribution in [3.05, 3.63) is 12.7 Å². The van der Waals surface area contributed by atoms with E-state index in [1.54, 1.807) is 0 Å². The molecule has 0 bridgehead atoms. The molecule has 0 heterocycles. The molecule has 2 rings (SSSR count). The normalized spacial score (nSPS) is 35.4. The Bertz CT molecular complexity index is 168. The Morgan fingerprint density at radius 3 is 1.86 bits per heavy atom. The van der Waals surface area contributed by atoms with Gasteiger partial charge in [-0.05, 0) is 37.5 Å². The predicted octanol–water partition coefficient (Wildman–Crippen LogP) is 4.36. The molecule has 78 valence electrons. The van der Waals surface area contributed by atoms with Crippen LogP contribution >= 0.6 is 0 Å². The van der Waals surface area contributed by atoms with E-state index in [9.17, 15) is 0 Å². The number of hydrogen-bond acceptors (Lipinski definition) is 0. The number of allylic oxidation sites excluding steroid dienone is 1. The molecule has 0 nitrogen and oxygen atoms in total. The Kier molecular flexibility index (Phi) is 3.59. The first-order valence-corrected chi connectivity index (χ1v) is 6.45. The van der Waals surface area contributed by atoms with Crippen LogP contribution in [0.15, 0.2) is 6.08 Å². The quantitative estimate of drug-likeness (QED) is 0.569. The van der Waals surface area contributed by atoms with E-state index in [0.29, 0.717) is 0 Å². The van der Waals surface area contributed by atoms with Gasteiger partial charge in [0.05, 0.1) is 0 Å². The van der Waals surface area contributed by atoms with Gasteiger partial charge in [0.15, 0.2) is 6.08 Å². The molecule has 2 saturated carbocycles. The molecule has 2 aliphatic carbocycles. The summed E-state index contributed by atoms with van der Waals surface area (Å²) < 4.78 is 0. The molecule has 2 fully saturated rings. The minimum absolute atomic E-state index is 0.731. The summed E-state index contributed by atoms with van der Waals surface area (Å²) in [5, 5.41) is 0. The number of hydrogen-bond donors (Lipinski definition) is 0. The van der Waals surface area contributed by atoms with Crippen LogP contribution in [0.1, 0.15) is 57.8 Å². The van der Waals surface area contributed by atoms with E-state index in [1.165, 1.54) is 57.8 Å². The molecule has 0 aromatic heterocycles. The molecular formula is C14H23+. The maximum atomic E-state index is 5.60. The van der Waals surface area contributed by atoms with Crippen molar-refractivity contribution in [2.24, 2.45) is 17.8 Å². The van der Waals surface area contributed by atoms with Gasteiger partial charge in [-0.1, -0.05) is 32.1 Å². The summed E-state index contributed by atoms with van der Waals surface area (Å²) in [6.45, 7) is 5.60. The van der Waals surface area contributed by atoms with Crippen molar-refractivity contribution in [2.75, 3.05) is 0 Å². The van der Waals surface area contributed by atoms with Crippen LogP contribution < -0.4 is 0 Å². The Morgan fingerprint density at radius 2 is 1.29 bits per heavy atom. The molecule has 0 aliphatic heterocycles. The lowest BCUT2D eigenvalue weighted by Crippen LogP contribution is -2.22. The summed E-state index contributed by atoms with van der Waals surface area (Å²) in [5.41, 5.74) is 0. The van der Waals surface area contributed by atoms with Crippen molar-refractivity contribution in [1.82, 2.24) is 0 Å². The zero-order valence-electron chi connectivity index (χ0n) is 9.25. The lowest BCUT2D eigenvalue weighted by atomic mass is 9.71. The second-order valence-electron chi connectivity index (χ2n) is 5.27. The molecule has 0 aromatic carbocycles. The minimum atomic E-state index is 0.731. The Labute approximate surface area is 88.8 Å². The highest BCUT2D eigenvalue weighted by atomic mass is 14.3. The first-order valence-electron chi connectivity index (χ1n) is 6.45. The van der Waals surface area contributed by atoms with E-state index in [0.717, 1.165) is 17.8 Å². The summed E-state index contributed by atoms with van der Waals surface area (Å²) in [6, 6.07) is 0. The second-order valence-corrected chi connectivity index (χ2v) is 5.27. The molecule has 0 saturated heterocycles. The van der Waals surface area contributed by atoms with E-state index >= 15 is 0 Å². The molecule has 0 amide bonds. The second kappa shape index (κ2) is 4.94. The van der Waals surface area contributed by atoms with Crippen molar-refractivity contribution >= 4 is 0 Å². The van der Waals surface area contributed by atoms with Gasteiger partial charge in [0.1, 0.15) is 0 Å². The maximum Gasteiger partial charge on any atom is 0.202 e. The van der Waals surface area contributed by atoms with Gasteiger partial charge in [0.2, 0.25) is 6.58 Å². The van der Waals surface area contributed by atoms with Crippen LogP contribution in [-0.2, 0) is 0 Å². The smallest absolute Gasteiger partial charge is 0.0533 e. The van der Waals surface area contributed by atoms with Gasteiger partial charge >= 0.3 is 0 Å². The Balaban J connectivity index is 1.78. The van der Waals surface area contributed by atoms with Gasteiger partial charge in [-0.2, -0.15) is 0 Å². The molecule has 0 N–H and O–H groups in total. The SMILES string of the molecule is [CH+]=CC1CCC(C2CCCCC2)CC1. The zero-order valence-corrected chi connectivity index (χ0v) is 9.25. The van der Waals surface area contributed by atoms with Gasteiger partial charge in [0.25, 0.3) is 0 Å². The van der Waals surface area contributed by atoms with E-state index < -0.39 is 0 Å². The molecule has 0 atom stereocenters. The van der Waals surface area contributed by atoms with Crippen LogP contribution in [-0.4, -0.2) is 0 Å². The molecule has 0 spiro atoms. The van der Waals surface area contributed by atoms with E-state index in [2.05, 4.69) is 0 Å². The fourth-order valence-corrected chi connectivity index (χ4v) is 3.41. The average Bonchev–Trinajstić information content (AvgIpc) is 2.30. The van der Waals surface area contributed by atoms with Gasteiger partial charge < -0.3 is 0 Å². The van der Waals surface area contributed by atoms with Gasteiger partial charge in [-0.15, -0.1) is 0 Å². The zero-order chi connectivity index (χ0) is 9.80. The minimum Gasteiger partial charge on any atom is -0.0533 e. The molecule has 14 heavy (non-hydrogen) atoms. The predicted molar refractivity (Wildman–Crippen MR) is 60.9 cm³/mol. The van der Waals surface area contributed by atoms with E-state index in [1.807, 2.05) is 6.08 Å². The fraction of sp³-hybridized carbons (Fsp3) is 0.857. The van der Waals surface area contributed by atoms with E-state index in [4.69, 9.17) is 6.58 Å².